The van der Waals surface area contributed by atoms with Crippen molar-refractivity contribution in [3.8, 4) is 22.9 Å². The zero-order chi connectivity index (χ0) is 20.1. The molecule has 148 valence electrons. The average Bonchev–Trinajstić information content (AvgIpc) is 3.10. The predicted molar refractivity (Wildman–Crippen MR) is 101 cm³/mol. The van der Waals surface area contributed by atoms with Gasteiger partial charge < -0.3 is 18.2 Å². The van der Waals surface area contributed by atoms with Crippen LogP contribution in [0.2, 0.25) is 0 Å². The van der Waals surface area contributed by atoms with Gasteiger partial charge in [-0.2, -0.15) is 13.4 Å². The smallest absolute Gasteiger partial charge is 0.339 e. The third kappa shape index (κ3) is 4.68. The van der Waals surface area contributed by atoms with Crippen molar-refractivity contribution in [2.24, 2.45) is 0 Å². The minimum atomic E-state index is -3.98. The normalized spacial score (nSPS) is 11.4. The SMILES string of the molecule is COCCOc1ccc(S(=O)(=O)Oc2ccc(-c3noc(C)n3)cc2)cc1C. The second kappa shape index (κ2) is 8.41. The van der Waals surface area contributed by atoms with Crippen LogP contribution in [0.15, 0.2) is 51.9 Å². The molecule has 9 heteroatoms. The van der Waals surface area contributed by atoms with E-state index in [9.17, 15) is 8.42 Å². The van der Waals surface area contributed by atoms with Crippen LogP contribution < -0.4 is 8.92 Å². The maximum atomic E-state index is 12.6. The van der Waals surface area contributed by atoms with Crippen LogP contribution in [0.4, 0.5) is 0 Å². The number of aryl methyl sites for hydroxylation is 2. The van der Waals surface area contributed by atoms with Gasteiger partial charge in [-0.3, -0.25) is 0 Å². The first-order valence-electron chi connectivity index (χ1n) is 8.46. The molecule has 28 heavy (non-hydrogen) atoms. The summed E-state index contributed by atoms with van der Waals surface area (Å²) in [4.78, 5) is 4.16. The van der Waals surface area contributed by atoms with Crippen molar-refractivity contribution in [1.29, 1.82) is 0 Å². The zero-order valence-electron chi connectivity index (χ0n) is 15.7. The van der Waals surface area contributed by atoms with Crippen molar-refractivity contribution in [2.75, 3.05) is 20.3 Å². The lowest BCUT2D eigenvalue weighted by Gasteiger charge is -2.11. The van der Waals surface area contributed by atoms with Gasteiger partial charge in [-0.1, -0.05) is 5.16 Å². The summed E-state index contributed by atoms with van der Waals surface area (Å²) in [7, 11) is -2.40. The van der Waals surface area contributed by atoms with Gasteiger partial charge in [-0.15, -0.1) is 0 Å². The molecule has 0 atom stereocenters. The second-order valence-corrected chi connectivity index (χ2v) is 7.51. The van der Waals surface area contributed by atoms with E-state index in [1.807, 2.05) is 0 Å². The Kier molecular flexibility index (Phi) is 5.96. The van der Waals surface area contributed by atoms with Crippen LogP contribution >= 0.6 is 0 Å². The molecule has 3 rings (SSSR count). The van der Waals surface area contributed by atoms with E-state index in [2.05, 4.69) is 10.1 Å². The third-order valence-corrected chi connectivity index (χ3v) is 5.07. The summed E-state index contributed by atoms with van der Waals surface area (Å²) in [5.41, 5.74) is 1.37. The van der Waals surface area contributed by atoms with Gasteiger partial charge in [0.05, 0.1) is 6.61 Å². The molecule has 0 spiro atoms. The van der Waals surface area contributed by atoms with Crippen LogP contribution in [-0.4, -0.2) is 38.9 Å². The van der Waals surface area contributed by atoms with Gasteiger partial charge in [-0.25, -0.2) is 0 Å². The fourth-order valence-corrected chi connectivity index (χ4v) is 3.44. The molecule has 0 unspecified atom stereocenters. The van der Waals surface area contributed by atoms with Crippen LogP contribution in [0.25, 0.3) is 11.4 Å². The number of aromatic nitrogens is 2. The molecule has 0 aliphatic heterocycles. The molecule has 3 aromatic rings. The standard InChI is InChI=1S/C19H20N2O6S/c1-13-12-17(8-9-18(13)25-11-10-24-3)28(22,23)27-16-6-4-15(5-7-16)19-20-14(2)26-21-19/h4-9,12H,10-11H2,1-3H3. The quantitative estimate of drug-likeness (QED) is 0.417. The van der Waals surface area contributed by atoms with Gasteiger partial charge in [-0.05, 0) is 55.0 Å². The molecule has 1 aromatic heterocycles. The summed E-state index contributed by atoms with van der Waals surface area (Å²) in [6.45, 7) is 4.29. The monoisotopic (exact) mass is 404 g/mol. The molecule has 0 aliphatic carbocycles. The Morgan fingerprint density at radius 3 is 2.39 bits per heavy atom. The fourth-order valence-electron chi connectivity index (χ4n) is 2.43. The molecule has 0 bridgehead atoms. The number of hydrogen-bond acceptors (Lipinski definition) is 8. The summed E-state index contributed by atoms with van der Waals surface area (Å²) in [6.07, 6.45) is 0. The first-order valence-corrected chi connectivity index (χ1v) is 9.87. The topological polar surface area (TPSA) is 101 Å². The minimum absolute atomic E-state index is 0.0435. The summed E-state index contributed by atoms with van der Waals surface area (Å²) in [5.74, 6) is 1.65. The molecule has 0 saturated carbocycles. The summed E-state index contributed by atoms with van der Waals surface area (Å²) in [5, 5.41) is 3.82. The van der Waals surface area contributed by atoms with E-state index in [1.54, 1.807) is 39.2 Å². The van der Waals surface area contributed by atoms with E-state index >= 15 is 0 Å². The van der Waals surface area contributed by atoms with Crippen LogP contribution in [0.5, 0.6) is 11.5 Å². The molecule has 0 aliphatic rings. The van der Waals surface area contributed by atoms with Crippen molar-refractivity contribution < 1.29 is 26.6 Å². The Morgan fingerprint density at radius 2 is 1.79 bits per heavy atom. The summed E-state index contributed by atoms with van der Waals surface area (Å²) < 4.78 is 45.8. The fraction of sp³-hybridized carbons (Fsp3) is 0.263. The maximum absolute atomic E-state index is 12.6. The van der Waals surface area contributed by atoms with E-state index in [0.29, 0.717) is 41.8 Å². The highest BCUT2D eigenvalue weighted by Gasteiger charge is 2.18. The van der Waals surface area contributed by atoms with Crippen molar-refractivity contribution in [2.45, 2.75) is 18.7 Å². The average molecular weight is 404 g/mol. The molecule has 0 N–H and O–H groups in total. The van der Waals surface area contributed by atoms with Crippen molar-refractivity contribution >= 4 is 10.1 Å². The lowest BCUT2D eigenvalue weighted by Crippen LogP contribution is -2.11. The summed E-state index contributed by atoms with van der Waals surface area (Å²) in [6, 6.07) is 10.9. The first kappa shape index (κ1) is 19.8. The molecule has 0 fully saturated rings. The molecule has 2 aromatic carbocycles. The third-order valence-electron chi connectivity index (χ3n) is 3.83. The number of benzene rings is 2. The number of hydrogen-bond donors (Lipinski definition) is 0. The molecule has 0 saturated heterocycles. The lowest BCUT2D eigenvalue weighted by atomic mass is 10.2. The molecular weight excluding hydrogens is 384 g/mol. The maximum Gasteiger partial charge on any atom is 0.339 e. The number of ether oxygens (including phenoxy) is 2. The Hall–Kier alpha value is -2.91. The van der Waals surface area contributed by atoms with Gasteiger partial charge in [0.2, 0.25) is 11.7 Å². The van der Waals surface area contributed by atoms with Gasteiger partial charge in [0, 0.05) is 19.6 Å². The number of rotatable bonds is 8. The summed E-state index contributed by atoms with van der Waals surface area (Å²) >= 11 is 0. The molecule has 0 radical (unpaired) electrons. The van der Waals surface area contributed by atoms with Gasteiger partial charge >= 0.3 is 10.1 Å². The van der Waals surface area contributed by atoms with Crippen LogP contribution in [0.3, 0.4) is 0 Å². The lowest BCUT2D eigenvalue weighted by molar-refractivity contribution is 0.146. The van der Waals surface area contributed by atoms with Crippen LogP contribution in [0, 0.1) is 13.8 Å². The Bertz CT molecular complexity index is 1040. The van der Waals surface area contributed by atoms with E-state index in [0.717, 1.165) is 0 Å². The molecular formula is C19H20N2O6S. The predicted octanol–water partition coefficient (Wildman–Crippen LogP) is 3.15. The number of methoxy groups -OCH3 is 1. The van der Waals surface area contributed by atoms with Crippen molar-refractivity contribution in [3.63, 3.8) is 0 Å². The minimum Gasteiger partial charge on any atom is -0.491 e. The highest BCUT2D eigenvalue weighted by molar-refractivity contribution is 7.87. The van der Waals surface area contributed by atoms with Gasteiger partial charge in [0.25, 0.3) is 0 Å². The number of nitrogens with zero attached hydrogens (tertiary/aromatic N) is 2. The second-order valence-electron chi connectivity index (χ2n) is 5.97. The highest BCUT2D eigenvalue weighted by Crippen LogP contribution is 2.26. The Labute approximate surface area is 163 Å². The zero-order valence-corrected chi connectivity index (χ0v) is 16.5. The van der Waals surface area contributed by atoms with Crippen molar-refractivity contribution in [1.82, 2.24) is 10.1 Å². The molecule has 8 nitrogen and oxygen atoms in total. The largest absolute Gasteiger partial charge is 0.491 e. The van der Waals surface area contributed by atoms with E-state index in [1.165, 1.54) is 24.3 Å². The molecule has 0 amide bonds. The van der Waals surface area contributed by atoms with Crippen molar-refractivity contribution in [3.05, 3.63) is 53.9 Å². The van der Waals surface area contributed by atoms with Crippen LogP contribution in [0.1, 0.15) is 11.5 Å². The van der Waals surface area contributed by atoms with E-state index in [4.69, 9.17) is 18.2 Å². The Morgan fingerprint density at radius 1 is 1.04 bits per heavy atom. The Balaban J connectivity index is 1.73. The van der Waals surface area contributed by atoms with Gasteiger partial charge in [0.15, 0.2) is 0 Å². The van der Waals surface area contributed by atoms with Gasteiger partial charge in [0.1, 0.15) is 23.0 Å². The van der Waals surface area contributed by atoms with E-state index < -0.39 is 10.1 Å². The molecule has 1 heterocycles. The first-order chi connectivity index (χ1) is 13.4. The highest BCUT2D eigenvalue weighted by atomic mass is 32.2. The van der Waals surface area contributed by atoms with Crippen LogP contribution in [-0.2, 0) is 14.9 Å². The van der Waals surface area contributed by atoms with E-state index in [-0.39, 0.29) is 10.6 Å².